The van der Waals surface area contributed by atoms with Crippen molar-refractivity contribution >= 4 is 33.0 Å². The van der Waals surface area contributed by atoms with Gasteiger partial charge in [-0.2, -0.15) is 0 Å². The van der Waals surface area contributed by atoms with Crippen LogP contribution in [0.5, 0.6) is 11.5 Å². The number of nitrogens with zero attached hydrogens (tertiary/aromatic N) is 2. The van der Waals surface area contributed by atoms with Gasteiger partial charge in [-0.05, 0) is 43.0 Å². The van der Waals surface area contributed by atoms with E-state index in [0.29, 0.717) is 37.2 Å². The van der Waals surface area contributed by atoms with E-state index < -0.39 is 26.5 Å². The van der Waals surface area contributed by atoms with Gasteiger partial charge in [0.15, 0.2) is 11.5 Å². The number of fused-ring (bicyclic) bond motifs is 1. The Morgan fingerprint density at radius 2 is 1.88 bits per heavy atom. The molecular weight excluding hydrogens is 438 g/mol. The Kier molecular flexibility index (Phi) is 6.87. The fraction of sp³-hybridized carbons (Fsp3) is 0.381. The standard InChI is InChI=1S/C21H25N3O7S/c1-4-10-32(28,29)23-9-5-6-14-11-15(7-8-17(14)23)22-21(25)16-12-19(30-2)20(31-3)13-18(16)24(26)27/h7-8,11-13H,4-6,9-10H2,1-3H3,(H,22,25). The molecule has 0 fully saturated rings. The highest BCUT2D eigenvalue weighted by atomic mass is 32.2. The number of nitrogens with one attached hydrogen (secondary N) is 1. The van der Waals surface area contributed by atoms with Crippen molar-refractivity contribution in [1.29, 1.82) is 0 Å². The summed E-state index contributed by atoms with van der Waals surface area (Å²) in [6, 6.07) is 7.33. The number of sulfonamides is 1. The van der Waals surface area contributed by atoms with Crippen LogP contribution in [0.1, 0.15) is 35.7 Å². The predicted octanol–water partition coefficient (Wildman–Crippen LogP) is 3.36. The third kappa shape index (κ3) is 4.62. The minimum atomic E-state index is -3.41. The quantitative estimate of drug-likeness (QED) is 0.469. The van der Waals surface area contributed by atoms with Crippen LogP contribution in [0.2, 0.25) is 0 Å². The molecule has 0 radical (unpaired) electrons. The van der Waals surface area contributed by atoms with Crippen molar-refractivity contribution in [3.8, 4) is 11.5 Å². The highest BCUT2D eigenvalue weighted by Gasteiger charge is 2.28. The lowest BCUT2D eigenvalue weighted by molar-refractivity contribution is -0.385. The Morgan fingerprint density at radius 3 is 2.50 bits per heavy atom. The van der Waals surface area contributed by atoms with Crippen LogP contribution in [0, 0.1) is 10.1 Å². The molecule has 0 aliphatic carbocycles. The minimum Gasteiger partial charge on any atom is -0.493 e. The zero-order valence-electron chi connectivity index (χ0n) is 18.1. The average molecular weight is 464 g/mol. The van der Waals surface area contributed by atoms with Crippen LogP contribution in [0.4, 0.5) is 17.1 Å². The van der Waals surface area contributed by atoms with Gasteiger partial charge in [-0.15, -0.1) is 0 Å². The van der Waals surface area contributed by atoms with E-state index in [-0.39, 0.29) is 22.8 Å². The molecule has 0 aromatic heterocycles. The molecule has 0 bridgehead atoms. The molecule has 2 aromatic carbocycles. The number of ether oxygens (including phenoxy) is 2. The summed E-state index contributed by atoms with van der Waals surface area (Å²) in [6.07, 6.45) is 1.84. The number of aryl methyl sites for hydroxylation is 1. The number of nitro benzene ring substituents is 1. The second kappa shape index (κ2) is 9.43. The number of rotatable bonds is 8. The van der Waals surface area contributed by atoms with E-state index in [1.807, 2.05) is 6.92 Å². The highest BCUT2D eigenvalue weighted by Crippen LogP contribution is 2.36. The minimum absolute atomic E-state index is 0.0634. The van der Waals surface area contributed by atoms with Crippen molar-refractivity contribution in [3.63, 3.8) is 0 Å². The predicted molar refractivity (Wildman–Crippen MR) is 120 cm³/mol. The molecule has 0 atom stereocenters. The Morgan fingerprint density at radius 1 is 1.19 bits per heavy atom. The number of nitro groups is 1. The Bertz CT molecular complexity index is 1150. The van der Waals surface area contributed by atoms with Crippen LogP contribution in [0.3, 0.4) is 0 Å². The third-order valence-corrected chi connectivity index (χ3v) is 7.13. The lowest BCUT2D eigenvalue weighted by atomic mass is 10.0. The summed E-state index contributed by atoms with van der Waals surface area (Å²) < 4.78 is 36.8. The van der Waals surface area contributed by atoms with E-state index in [1.54, 1.807) is 18.2 Å². The first-order valence-electron chi connectivity index (χ1n) is 10.1. The molecule has 0 saturated heterocycles. The molecule has 1 aliphatic rings. The normalized spacial score (nSPS) is 13.3. The molecule has 11 heteroatoms. The Balaban J connectivity index is 1.92. The van der Waals surface area contributed by atoms with Crippen LogP contribution in [0.15, 0.2) is 30.3 Å². The van der Waals surface area contributed by atoms with E-state index >= 15 is 0 Å². The van der Waals surface area contributed by atoms with Gasteiger partial charge in [-0.3, -0.25) is 19.2 Å². The summed E-state index contributed by atoms with van der Waals surface area (Å²) >= 11 is 0. The molecule has 32 heavy (non-hydrogen) atoms. The van der Waals surface area contributed by atoms with E-state index in [9.17, 15) is 23.3 Å². The lowest BCUT2D eigenvalue weighted by Gasteiger charge is -2.30. The van der Waals surface area contributed by atoms with E-state index in [0.717, 1.165) is 11.6 Å². The summed E-state index contributed by atoms with van der Waals surface area (Å²) in [7, 11) is -0.696. The van der Waals surface area contributed by atoms with E-state index in [1.165, 1.54) is 24.6 Å². The Hall–Kier alpha value is -3.34. The van der Waals surface area contributed by atoms with Gasteiger partial charge in [0.25, 0.3) is 11.6 Å². The van der Waals surface area contributed by atoms with Gasteiger partial charge in [0.05, 0.1) is 36.6 Å². The largest absolute Gasteiger partial charge is 0.493 e. The summed E-state index contributed by atoms with van der Waals surface area (Å²) in [5.74, 6) is -0.305. The number of methoxy groups -OCH3 is 2. The van der Waals surface area contributed by atoms with Crippen molar-refractivity contribution in [2.24, 2.45) is 0 Å². The van der Waals surface area contributed by atoms with Gasteiger partial charge in [0.1, 0.15) is 5.56 Å². The van der Waals surface area contributed by atoms with Crippen LogP contribution >= 0.6 is 0 Å². The number of carbonyl (C=O) groups excluding carboxylic acids is 1. The number of amides is 1. The number of hydrogen-bond acceptors (Lipinski definition) is 7. The van der Waals surface area contributed by atoms with Crippen molar-refractivity contribution < 1.29 is 27.6 Å². The van der Waals surface area contributed by atoms with E-state index in [2.05, 4.69) is 5.32 Å². The molecule has 0 spiro atoms. The fourth-order valence-corrected chi connectivity index (χ4v) is 5.32. The zero-order valence-corrected chi connectivity index (χ0v) is 18.9. The molecule has 1 aliphatic heterocycles. The van der Waals surface area contributed by atoms with Crippen molar-refractivity contribution in [3.05, 3.63) is 51.6 Å². The monoisotopic (exact) mass is 463 g/mol. The van der Waals surface area contributed by atoms with Crippen LogP contribution in [0.25, 0.3) is 0 Å². The lowest BCUT2D eigenvalue weighted by Crippen LogP contribution is -2.37. The first kappa shape index (κ1) is 23.3. The van der Waals surface area contributed by atoms with Gasteiger partial charge in [0, 0.05) is 18.3 Å². The smallest absolute Gasteiger partial charge is 0.286 e. The van der Waals surface area contributed by atoms with Gasteiger partial charge >= 0.3 is 0 Å². The van der Waals surface area contributed by atoms with Crippen LogP contribution < -0.4 is 19.1 Å². The maximum absolute atomic E-state index is 12.9. The zero-order chi connectivity index (χ0) is 23.5. The van der Waals surface area contributed by atoms with Gasteiger partial charge in [-0.25, -0.2) is 8.42 Å². The first-order valence-corrected chi connectivity index (χ1v) is 11.7. The summed E-state index contributed by atoms with van der Waals surface area (Å²) in [6.45, 7) is 2.23. The molecule has 3 rings (SSSR count). The van der Waals surface area contributed by atoms with Gasteiger partial charge in [0.2, 0.25) is 10.0 Å². The second-order valence-corrected chi connectivity index (χ2v) is 9.28. The molecule has 10 nitrogen and oxygen atoms in total. The first-order chi connectivity index (χ1) is 15.2. The van der Waals surface area contributed by atoms with E-state index in [4.69, 9.17) is 9.47 Å². The van der Waals surface area contributed by atoms with Gasteiger partial charge < -0.3 is 14.8 Å². The number of anilines is 2. The highest BCUT2D eigenvalue weighted by molar-refractivity contribution is 7.92. The molecule has 1 N–H and O–H groups in total. The maximum atomic E-state index is 12.9. The van der Waals surface area contributed by atoms with Gasteiger partial charge in [-0.1, -0.05) is 6.92 Å². The number of hydrogen-bond donors (Lipinski definition) is 1. The Labute approximate surface area is 186 Å². The van der Waals surface area contributed by atoms with Crippen LogP contribution in [-0.2, 0) is 16.4 Å². The molecule has 1 amide bonds. The SMILES string of the molecule is CCCS(=O)(=O)N1CCCc2cc(NC(=O)c3cc(OC)c(OC)cc3[N+](=O)[O-])ccc21. The van der Waals surface area contributed by atoms with Crippen LogP contribution in [-0.4, -0.2) is 45.8 Å². The summed E-state index contributed by atoms with van der Waals surface area (Å²) in [4.78, 5) is 23.7. The van der Waals surface area contributed by atoms with Crippen molar-refractivity contribution in [2.45, 2.75) is 26.2 Å². The molecule has 0 saturated carbocycles. The third-order valence-electron chi connectivity index (χ3n) is 5.15. The van der Waals surface area contributed by atoms with Crippen molar-refractivity contribution in [1.82, 2.24) is 0 Å². The average Bonchev–Trinajstić information content (AvgIpc) is 2.77. The molecule has 1 heterocycles. The molecule has 0 unspecified atom stereocenters. The maximum Gasteiger partial charge on any atom is 0.286 e. The fourth-order valence-electron chi connectivity index (χ4n) is 3.70. The number of carbonyl (C=O) groups is 1. The summed E-state index contributed by atoms with van der Waals surface area (Å²) in [5.41, 5.74) is 1.19. The second-order valence-electron chi connectivity index (χ2n) is 7.27. The topological polar surface area (TPSA) is 128 Å². The van der Waals surface area contributed by atoms with Crippen molar-refractivity contribution in [2.75, 3.05) is 36.1 Å². The summed E-state index contributed by atoms with van der Waals surface area (Å²) in [5, 5.41) is 14.2. The molecular formula is C21H25N3O7S. The molecule has 172 valence electrons. The number of benzene rings is 2. The molecule has 2 aromatic rings.